The molecule has 0 aromatic rings. The molecular weight excluding hydrogens is 887 g/mol. The van der Waals surface area contributed by atoms with Gasteiger partial charge in [-0.3, -0.25) is 9.59 Å². The molecule has 0 saturated carbocycles. The van der Waals surface area contributed by atoms with Crippen molar-refractivity contribution in [1.82, 2.24) is 5.32 Å². The van der Waals surface area contributed by atoms with Crippen LogP contribution in [0.4, 0.5) is 0 Å². The van der Waals surface area contributed by atoms with Crippen molar-refractivity contribution in [2.45, 2.75) is 347 Å². The van der Waals surface area contributed by atoms with Crippen LogP contribution in [0.5, 0.6) is 0 Å². The lowest BCUT2D eigenvalue weighted by molar-refractivity contribution is -0.143. The van der Waals surface area contributed by atoms with Crippen molar-refractivity contribution >= 4 is 11.9 Å². The van der Waals surface area contributed by atoms with Crippen LogP contribution in [0.15, 0.2) is 48.6 Å². The van der Waals surface area contributed by atoms with E-state index in [0.29, 0.717) is 19.4 Å². The number of amides is 1. The van der Waals surface area contributed by atoms with Gasteiger partial charge in [-0.05, 0) is 89.9 Å². The first-order valence-electron chi connectivity index (χ1n) is 31.9. The number of carbonyl (C=O) groups excluding carboxylic acids is 2. The van der Waals surface area contributed by atoms with E-state index in [9.17, 15) is 19.8 Å². The van der Waals surface area contributed by atoms with Gasteiger partial charge in [-0.25, -0.2) is 0 Å². The van der Waals surface area contributed by atoms with Gasteiger partial charge in [0.15, 0.2) is 0 Å². The molecule has 2 unspecified atom stereocenters. The molecular formula is C66H123NO5. The van der Waals surface area contributed by atoms with Gasteiger partial charge in [0, 0.05) is 12.8 Å². The fourth-order valence-corrected chi connectivity index (χ4v) is 9.66. The Balaban J connectivity index is 3.48. The summed E-state index contributed by atoms with van der Waals surface area (Å²) in [6.45, 7) is 4.90. The summed E-state index contributed by atoms with van der Waals surface area (Å²) in [7, 11) is 0. The van der Waals surface area contributed by atoms with Gasteiger partial charge in [-0.1, -0.05) is 281 Å². The Labute approximate surface area is 448 Å². The molecule has 0 aromatic carbocycles. The Hall–Kier alpha value is -2.18. The van der Waals surface area contributed by atoms with Crippen LogP contribution < -0.4 is 5.32 Å². The highest BCUT2D eigenvalue weighted by molar-refractivity contribution is 5.76. The number of carbonyl (C=O) groups is 2. The summed E-state index contributed by atoms with van der Waals surface area (Å²) >= 11 is 0. The Morgan fingerprint density at radius 3 is 1.07 bits per heavy atom. The molecule has 0 aliphatic heterocycles. The zero-order valence-corrected chi connectivity index (χ0v) is 48.2. The molecule has 0 aliphatic carbocycles. The summed E-state index contributed by atoms with van der Waals surface area (Å²) in [4.78, 5) is 24.5. The Morgan fingerprint density at radius 1 is 0.389 bits per heavy atom. The van der Waals surface area contributed by atoms with Crippen molar-refractivity contribution in [2.75, 3.05) is 13.2 Å². The molecule has 72 heavy (non-hydrogen) atoms. The van der Waals surface area contributed by atoms with E-state index in [0.717, 1.165) is 64.2 Å². The van der Waals surface area contributed by atoms with Crippen molar-refractivity contribution in [1.29, 1.82) is 0 Å². The molecule has 3 N–H and O–H groups in total. The first-order chi connectivity index (χ1) is 35.5. The third-order valence-electron chi connectivity index (χ3n) is 14.6. The smallest absolute Gasteiger partial charge is 0.305 e. The predicted molar refractivity (Wildman–Crippen MR) is 315 cm³/mol. The number of aliphatic hydroxyl groups excluding tert-OH is 2. The Morgan fingerprint density at radius 2 is 0.694 bits per heavy atom. The highest BCUT2D eigenvalue weighted by Crippen LogP contribution is 2.16. The number of hydrogen-bond donors (Lipinski definition) is 3. The summed E-state index contributed by atoms with van der Waals surface area (Å²) in [6, 6.07) is -0.637. The zero-order chi connectivity index (χ0) is 52.2. The van der Waals surface area contributed by atoms with Crippen molar-refractivity contribution in [2.24, 2.45) is 0 Å². The summed E-state index contributed by atoms with van der Waals surface area (Å²) < 4.78 is 5.48. The van der Waals surface area contributed by atoms with Crippen LogP contribution in [0.2, 0.25) is 0 Å². The second kappa shape index (κ2) is 61.4. The maximum Gasteiger partial charge on any atom is 0.305 e. The second-order valence-electron chi connectivity index (χ2n) is 21.7. The minimum absolute atomic E-state index is 0.00158. The minimum Gasteiger partial charge on any atom is -0.466 e. The summed E-state index contributed by atoms with van der Waals surface area (Å²) in [5.41, 5.74) is 0. The van der Waals surface area contributed by atoms with Crippen LogP contribution in [-0.4, -0.2) is 47.4 Å². The lowest BCUT2D eigenvalue weighted by Crippen LogP contribution is -2.45. The molecule has 0 fully saturated rings. The quantitative estimate of drug-likeness (QED) is 0.0320. The molecule has 0 spiro atoms. The number of unbranched alkanes of at least 4 members (excludes halogenated alkanes) is 42. The van der Waals surface area contributed by atoms with Crippen LogP contribution in [0.3, 0.4) is 0 Å². The molecule has 0 aromatic heterocycles. The first kappa shape index (κ1) is 69.8. The number of esters is 1. The average molecular weight is 1010 g/mol. The number of rotatable bonds is 59. The molecule has 0 aliphatic rings. The van der Waals surface area contributed by atoms with E-state index in [2.05, 4.69) is 55.6 Å². The van der Waals surface area contributed by atoms with Gasteiger partial charge < -0.3 is 20.3 Å². The van der Waals surface area contributed by atoms with Crippen molar-refractivity contribution in [3.8, 4) is 0 Å². The van der Waals surface area contributed by atoms with Gasteiger partial charge in [0.05, 0.1) is 25.4 Å². The molecule has 0 bridgehead atoms. The maximum absolute atomic E-state index is 12.5. The van der Waals surface area contributed by atoms with Gasteiger partial charge >= 0.3 is 5.97 Å². The number of nitrogens with one attached hydrogen (secondary N) is 1. The molecule has 0 rings (SSSR count). The first-order valence-corrected chi connectivity index (χ1v) is 31.9. The lowest BCUT2D eigenvalue weighted by Gasteiger charge is -2.20. The molecule has 0 radical (unpaired) electrons. The van der Waals surface area contributed by atoms with Crippen molar-refractivity contribution in [3.63, 3.8) is 0 Å². The lowest BCUT2D eigenvalue weighted by atomic mass is 10.0. The van der Waals surface area contributed by atoms with Gasteiger partial charge in [0.25, 0.3) is 0 Å². The largest absolute Gasteiger partial charge is 0.466 e. The predicted octanol–water partition coefficient (Wildman–Crippen LogP) is 20.1. The number of ether oxygens (including phenoxy) is 1. The van der Waals surface area contributed by atoms with Gasteiger partial charge in [0.2, 0.25) is 5.91 Å². The van der Waals surface area contributed by atoms with E-state index in [4.69, 9.17) is 4.74 Å². The highest BCUT2D eigenvalue weighted by atomic mass is 16.5. The van der Waals surface area contributed by atoms with E-state index < -0.39 is 12.1 Å². The maximum atomic E-state index is 12.5. The number of aliphatic hydroxyl groups is 2. The fraction of sp³-hybridized carbons (Fsp3) is 0.848. The van der Waals surface area contributed by atoms with E-state index >= 15 is 0 Å². The Kier molecular flexibility index (Phi) is 59.5. The van der Waals surface area contributed by atoms with Gasteiger partial charge in [0.1, 0.15) is 0 Å². The van der Waals surface area contributed by atoms with E-state index in [1.165, 1.54) is 244 Å². The summed E-state index contributed by atoms with van der Waals surface area (Å²) in [5.74, 6) is -0.0788. The van der Waals surface area contributed by atoms with Gasteiger partial charge in [-0.15, -0.1) is 0 Å². The zero-order valence-electron chi connectivity index (χ0n) is 48.2. The second-order valence-corrected chi connectivity index (χ2v) is 21.7. The molecule has 2 atom stereocenters. The SMILES string of the molecule is CCCCCCCC/C=C\CCCCCCCC(=O)OCCCCCCCCCCC/C=C\C/C=C\CCCCCCCCCC(=O)NC(CO)C(O)/C=C/CCCCCCCCCCCCCCCCC. The van der Waals surface area contributed by atoms with Gasteiger partial charge in [-0.2, -0.15) is 0 Å². The van der Waals surface area contributed by atoms with E-state index in [-0.39, 0.29) is 18.5 Å². The third-order valence-corrected chi connectivity index (χ3v) is 14.6. The molecule has 6 heteroatoms. The van der Waals surface area contributed by atoms with E-state index in [1.54, 1.807) is 6.08 Å². The van der Waals surface area contributed by atoms with Crippen LogP contribution in [-0.2, 0) is 14.3 Å². The standard InChI is InChI=1S/C66H123NO5/c1-3-5-7-9-11-13-15-17-19-27-31-34-38-42-46-50-54-58-64(69)63(62-68)67-65(70)59-55-51-47-43-39-35-32-28-25-23-21-20-22-24-26-29-33-37-41-45-49-53-57-61-72-66(71)60-56-52-48-44-40-36-30-18-16-14-12-10-8-6-4-2/h18,20,22-23,25,30,54,58,63-64,68-69H,3-17,19,21,24,26-29,31-53,55-57,59-62H2,1-2H3,(H,67,70)/b22-20-,25-23-,30-18-,58-54+. The number of allylic oxidation sites excluding steroid dienone is 7. The molecule has 1 amide bonds. The Bertz CT molecular complexity index is 1210. The van der Waals surface area contributed by atoms with Crippen LogP contribution in [0.1, 0.15) is 335 Å². The third kappa shape index (κ3) is 57.1. The summed E-state index contributed by atoms with van der Waals surface area (Å²) in [5, 5.41) is 23.2. The topological polar surface area (TPSA) is 95.9 Å². The van der Waals surface area contributed by atoms with Crippen LogP contribution >= 0.6 is 0 Å². The highest BCUT2D eigenvalue weighted by Gasteiger charge is 2.18. The molecule has 422 valence electrons. The normalized spacial score (nSPS) is 12.9. The van der Waals surface area contributed by atoms with Crippen LogP contribution in [0.25, 0.3) is 0 Å². The fourth-order valence-electron chi connectivity index (χ4n) is 9.66. The summed E-state index contributed by atoms with van der Waals surface area (Å²) in [6.07, 6.45) is 78.7. The molecule has 0 heterocycles. The monoisotopic (exact) mass is 1010 g/mol. The average Bonchev–Trinajstić information content (AvgIpc) is 3.38. The van der Waals surface area contributed by atoms with Crippen molar-refractivity contribution < 1.29 is 24.5 Å². The van der Waals surface area contributed by atoms with Crippen LogP contribution in [0, 0.1) is 0 Å². The van der Waals surface area contributed by atoms with Crippen molar-refractivity contribution in [3.05, 3.63) is 48.6 Å². The number of hydrogen-bond acceptors (Lipinski definition) is 5. The van der Waals surface area contributed by atoms with E-state index in [1.807, 2.05) is 6.08 Å². The minimum atomic E-state index is -0.852. The molecule has 0 saturated heterocycles. The molecule has 6 nitrogen and oxygen atoms in total.